The number of carbonyl (C=O) groups is 1. The predicted molar refractivity (Wildman–Crippen MR) is 129 cm³/mol. The molecule has 1 aliphatic heterocycles. The number of rotatable bonds is 9. The van der Waals surface area contributed by atoms with Crippen LogP contribution in [-0.4, -0.2) is 47.4 Å². The molecule has 1 atom stereocenters. The Morgan fingerprint density at radius 1 is 1.14 bits per heavy atom. The molecule has 184 valence electrons. The van der Waals surface area contributed by atoms with Crippen molar-refractivity contribution in [2.45, 2.75) is 39.3 Å². The van der Waals surface area contributed by atoms with Gasteiger partial charge in [0, 0.05) is 24.4 Å². The first-order chi connectivity index (χ1) is 16.9. The summed E-state index contributed by atoms with van der Waals surface area (Å²) in [6.45, 7) is 6.79. The third-order valence-electron chi connectivity index (χ3n) is 5.78. The van der Waals surface area contributed by atoms with Gasteiger partial charge >= 0.3 is 6.03 Å². The average Bonchev–Trinajstić information content (AvgIpc) is 3.33. The van der Waals surface area contributed by atoms with E-state index < -0.39 is 6.04 Å². The van der Waals surface area contributed by atoms with Crippen LogP contribution in [0, 0.1) is 5.82 Å². The van der Waals surface area contributed by atoms with Crippen molar-refractivity contribution in [3.63, 3.8) is 0 Å². The molecular formula is C26H29FN4O4. The smallest absolute Gasteiger partial charge is 0.322 e. The summed E-state index contributed by atoms with van der Waals surface area (Å²) in [5.41, 5.74) is 2.83. The number of halogens is 1. The van der Waals surface area contributed by atoms with Gasteiger partial charge in [0.15, 0.2) is 0 Å². The SMILES string of the molecule is COc1ccc(-c2noc(C3=C(C)N(CCCOC(C)C)C(=O)NC3c3ccc(F)cc3)n2)cc1. The Kier molecular flexibility index (Phi) is 7.45. The number of methoxy groups -OCH3 is 1. The van der Waals surface area contributed by atoms with E-state index in [9.17, 15) is 9.18 Å². The maximum atomic E-state index is 13.6. The van der Waals surface area contributed by atoms with Crippen molar-refractivity contribution in [2.75, 3.05) is 20.3 Å². The van der Waals surface area contributed by atoms with Gasteiger partial charge in [-0.25, -0.2) is 9.18 Å². The molecule has 3 aromatic rings. The van der Waals surface area contributed by atoms with E-state index in [4.69, 9.17) is 14.0 Å². The first-order valence-electron chi connectivity index (χ1n) is 11.5. The van der Waals surface area contributed by atoms with Crippen molar-refractivity contribution >= 4 is 11.6 Å². The van der Waals surface area contributed by atoms with Crippen molar-refractivity contribution in [3.05, 3.63) is 71.5 Å². The third kappa shape index (κ3) is 5.51. The van der Waals surface area contributed by atoms with E-state index in [1.54, 1.807) is 24.1 Å². The maximum Gasteiger partial charge on any atom is 0.322 e. The van der Waals surface area contributed by atoms with E-state index in [2.05, 4.69) is 15.5 Å². The minimum atomic E-state index is -0.574. The Bertz CT molecular complexity index is 1190. The molecule has 35 heavy (non-hydrogen) atoms. The highest BCUT2D eigenvalue weighted by Crippen LogP contribution is 2.37. The molecule has 0 aliphatic carbocycles. The zero-order chi connectivity index (χ0) is 24.9. The molecule has 9 heteroatoms. The fraction of sp³-hybridized carbons (Fsp3) is 0.346. The zero-order valence-electron chi connectivity index (χ0n) is 20.2. The van der Waals surface area contributed by atoms with Crippen LogP contribution >= 0.6 is 0 Å². The number of nitrogens with zero attached hydrogens (tertiary/aromatic N) is 3. The van der Waals surface area contributed by atoms with Crippen LogP contribution in [0.1, 0.15) is 44.7 Å². The van der Waals surface area contributed by atoms with Crippen LogP contribution in [-0.2, 0) is 4.74 Å². The van der Waals surface area contributed by atoms with Crippen LogP contribution in [0.2, 0.25) is 0 Å². The van der Waals surface area contributed by atoms with Crippen LogP contribution in [0.15, 0.2) is 58.8 Å². The Balaban J connectivity index is 1.69. The summed E-state index contributed by atoms with van der Waals surface area (Å²) in [5.74, 6) is 1.06. The number of benzene rings is 2. The van der Waals surface area contributed by atoms with Gasteiger partial charge in [-0.15, -0.1) is 0 Å². The van der Waals surface area contributed by atoms with Crippen molar-refractivity contribution in [1.82, 2.24) is 20.4 Å². The van der Waals surface area contributed by atoms with Gasteiger partial charge < -0.3 is 19.3 Å². The highest BCUT2D eigenvalue weighted by Gasteiger charge is 2.35. The number of hydrogen-bond acceptors (Lipinski definition) is 6. The Morgan fingerprint density at radius 3 is 2.51 bits per heavy atom. The molecule has 0 saturated carbocycles. The quantitative estimate of drug-likeness (QED) is 0.424. The molecule has 1 aliphatic rings. The zero-order valence-corrected chi connectivity index (χ0v) is 20.2. The maximum absolute atomic E-state index is 13.6. The van der Waals surface area contributed by atoms with Gasteiger partial charge in [-0.1, -0.05) is 17.3 Å². The van der Waals surface area contributed by atoms with Gasteiger partial charge in [0.25, 0.3) is 5.89 Å². The molecule has 0 bridgehead atoms. The van der Waals surface area contributed by atoms with Gasteiger partial charge in [-0.2, -0.15) is 4.98 Å². The van der Waals surface area contributed by atoms with Gasteiger partial charge in [-0.05, 0) is 69.2 Å². The summed E-state index contributed by atoms with van der Waals surface area (Å²) >= 11 is 0. The van der Waals surface area contributed by atoms with E-state index in [1.807, 2.05) is 45.0 Å². The lowest BCUT2D eigenvalue weighted by atomic mass is 9.94. The summed E-state index contributed by atoms with van der Waals surface area (Å²) in [6, 6.07) is 12.5. The summed E-state index contributed by atoms with van der Waals surface area (Å²) < 4.78 is 30.1. The molecule has 0 fully saturated rings. The number of urea groups is 1. The van der Waals surface area contributed by atoms with E-state index in [0.29, 0.717) is 42.2 Å². The molecule has 4 rings (SSSR count). The molecule has 0 radical (unpaired) electrons. The Labute approximate surface area is 203 Å². The third-order valence-corrected chi connectivity index (χ3v) is 5.78. The molecule has 2 heterocycles. The fourth-order valence-corrected chi connectivity index (χ4v) is 3.96. The van der Waals surface area contributed by atoms with Crippen molar-refractivity contribution in [1.29, 1.82) is 0 Å². The number of allylic oxidation sites excluding steroid dienone is 1. The highest BCUT2D eigenvalue weighted by molar-refractivity contribution is 5.86. The second kappa shape index (κ2) is 10.7. The van der Waals surface area contributed by atoms with Gasteiger partial charge in [0.2, 0.25) is 5.82 Å². The number of amides is 2. The summed E-state index contributed by atoms with van der Waals surface area (Å²) in [4.78, 5) is 19.3. The van der Waals surface area contributed by atoms with E-state index in [1.165, 1.54) is 12.1 Å². The molecule has 1 N–H and O–H groups in total. The summed E-state index contributed by atoms with van der Waals surface area (Å²) in [7, 11) is 1.60. The largest absolute Gasteiger partial charge is 0.497 e. The van der Waals surface area contributed by atoms with Gasteiger partial charge in [0.05, 0.1) is 24.8 Å². The molecule has 0 spiro atoms. The number of hydrogen-bond donors (Lipinski definition) is 1. The summed E-state index contributed by atoms with van der Waals surface area (Å²) in [6.07, 6.45) is 0.785. The minimum Gasteiger partial charge on any atom is -0.497 e. The molecule has 8 nitrogen and oxygen atoms in total. The molecule has 1 unspecified atom stereocenters. The first-order valence-corrected chi connectivity index (χ1v) is 11.5. The number of aromatic nitrogens is 2. The number of ether oxygens (including phenoxy) is 2. The number of carbonyl (C=O) groups excluding carboxylic acids is 1. The fourth-order valence-electron chi connectivity index (χ4n) is 3.96. The highest BCUT2D eigenvalue weighted by atomic mass is 19.1. The molecule has 1 aromatic heterocycles. The van der Waals surface area contributed by atoms with E-state index in [0.717, 1.165) is 11.3 Å². The van der Waals surface area contributed by atoms with Crippen molar-refractivity contribution in [2.24, 2.45) is 0 Å². The molecule has 2 amide bonds. The predicted octanol–water partition coefficient (Wildman–Crippen LogP) is 5.20. The second-order valence-electron chi connectivity index (χ2n) is 8.51. The summed E-state index contributed by atoms with van der Waals surface area (Å²) in [5, 5.41) is 7.18. The standard InChI is InChI=1S/C26H29FN4O4/c1-16(2)34-15-5-14-31-17(3)22(23(28-26(31)32)18-6-10-20(27)11-7-18)25-29-24(30-35-25)19-8-12-21(33-4)13-9-19/h6-13,16,23H,5,14-15H2,1-4H3,(H,28,32). The van der Waals surface area contributed by atoms with Crippen LogP contribution in [0.3, 0.4) is 0 Å². The lowest BCUT2D eigenvalue weighted by molar-refractivity contribution is 0.0736. The van der Waals surface area contributed by atoms with Crippen molar-refractivity contribution < 1.29 is 23.2 Å². The molecule has 2 aromatic carbocycles. The minimum absolute atomic E-state index is 0.120. The lowest BCUT2D eigenvalue weighted by Gasteiger charge is -2.35. The van der Waals surface area contributed by atoms with E-state index >= 15 is 0 Å². The van der Waals surface area contributed by atoms with Crippen LogP contribution < -0.4 is 10.1 Å². The van der Waals surface area contributed by atoms with Gasteiger partial charge in [0.1, 0.15) is 11.6 Å². The van der Waals surface area contributed by atoms with Crippen LogP contribution in [0.4, 0.5) is 9.18 Å². The number of nitrogens with one attached hydrogen (secondary N) is 1. The van der Waals surface area contributed by atoms with Gasteiger partial charge in [-0.3, -0.25) is 4.90 Å². The monoisotopic (exact) mass is 480 g/mol. The van der Waals surface area contributed by atoms with Crippen molar-refractivity contribution in [3.8, 4) is 17.1 Å². The normalized spacial score (nSPS) is 16.1. The molecular weight excluding hydrogens is 451 g/mol. The Morgan fingerprint density at radius 2 is 1.86 bits per heavy atom. The molecule has 0 saturated heterocycles. The first kappa shape index (κ1) is 24.4. The average molecular weight is 481 g/mol. The van der Waals surface area contributed by atoms with E-state index in [-0.39, 0.29) is 23.8 Å². The topological polar surface area (TPSA) is 89.7 Å². The second-order valence-corrected chi connectivity index (χ2v) is 8.51. The lowest BCUT2D eigenvalue weighted by Crippen LogP contribution is -2.46. The van der Waals surface area contributed by atoms with Crippen LogP contribution in [0.25, 0.3) is 17.0 Å². The van der Waals surface area contributed by atoms with Crippen LogP contribution in [0.5, 0.6) is 5.75 Å². The Hall–Kier alpha value is -3.72.